The van der Waals surface area contributed by atoms with Gasteiger partial charge >= 0.3 is 0 Å². The van der Waals surface area contributed by atoms with Crippen LogP contribution in [0.15, 0.2) is 4.99 Å². The van der Waals surface area contributed by atoms with Gasteiger partial charge in [0.1, 0.15) is 0 Å². The lowest BCUT2D eigenvalue weighted by Gasteiger charge is -2.11. The van der Waals surface area contributed by atoms with Gasteiger partial charge in [0.05, 0.1) is 11.9 Å². The van der Waals surface area contributed by atoms with Crippen molar-refractivity contribution in [2.75, 3.05) is 0 Å². The average molecular weight is 248 g/mol. The van der Waals surface area contributed by atoms with Gasteiger partial charge in [-0.3, -0.25) is 4.99 Å². The summed E-state index contributed by atoms with van der Waals surface area (Å²) >= 11 is 0. The van der Waals surface area contributed by atoms with Crippen LogP contribution in [0.4, 0.5) is 0 Å². The van der Waals surface area contributed by atoms with Gasteiger partial charge in [0.15, 0.2) is 0 Å². The van der Waals surface area contributed by atoms with E-state index in [1.165, 1.54) is 38.5 Å². The fourth-order valence-corrected chi connectivity index (χ4v) is 2.10. The van der Waals surface area contributed by atoms with Gasteiger partial charge in [-0.05, 0) is 32.6 Å². The van der Waals surface area contributed by atoms with Crippen molar-refractivity contribution in [3.05, 3.63) is 0 Å². The molecule has 1 heterocycles. The molecule has 0 saturated carbocycles. The average Bonchev–Trinajstić information content (AvgIpc) is 2.37. The fraction of sp³-hybridized carbons (Fsp3) is 0.917. The van der Waals surface area contributed by atoms with E-state index in [1.54, 1.807) is 0 Å². The first-order valence-corrected chi connectivity index (χ1v) is 6.26. The lowest BCUT2D eigenvalue weighted by atomic mass is 10.0. The Morgan fingerprint density at radius 1 is 1.38 bits per heavy atom. The molecule has 0 aliphatic carbocycles. The van der Waals surface area contributed by atoms with Crippen LogP contribution in [0.2, 0.25) is 0 Å². The molecule has 16 heavy (non-hydrogen) atoms. The van der Waals surface area contributed by atoms with Crippen molar-refractivity contribution in [2.45, 2.75) is 70.4 Å². The number of unbranched alkanes of at least 4 members (excludes halogenated alkanes) is 1. The van der Waals surface area contributed by atoms with Crippen molar-refractivity contribution < 1.29 is 0 Å². The molecule has 1 aliphatic rings. The molecule has 0 radical (unpaired) electrons. The minimum Gasteiger partial charge on any atom is -0.387 e. The first-order chi connectivity index (χ1) is 7.18. The number of amidine groups is 1. The van der Waals surface area contributed by atoms with Crippen LogP contribution >= 0.6 is 12.4 Å². The van der Waals surface area contributed by atoms with E-state index in [2.05, 4.69) is 11.9 Å². The number of aliphatic imine (C=N–C) groups is 1. The fourth-order valence-electron chi connectivity index (χ4n) is 2.10. The molecule has 0 aromatic rings. The van der Waals surface area contributed by atoms with Gasteiger partial charge in [0, 0.05) is 12.5 Å². The van der Waals surface area contributed by atoms with Crippen LogP contribution in [0.5, 0.6) is 0 Å². The summed E-state index contributed by atoms with van der Waals surface area (Å²) in [7, 11) is 0. The maximum Gasteiger partial charge on any atom is 0.0940 e. The Bertz CT molecular complexity index is 204. The van der Waals surface area contributed by atoms with Crippen LogP contribution in [0.25, 0.3) is 0 Å². The van der Waals surface area contributed by atoms with E-state index in [4.69, 9.17) is 11.5 Å². The Morgan fingerprint density at radius 2 is 2.12 bits per heavy atom. The highest BCUT2D eigenvalue weighted by molar-refractivity contribution is 5.85. The van der Waals surface area contributed by atoms with Crippen molar-refractivity contribution in [1.82, 2.24) is 0 Å². The van der Waals surface area contributed by atoms with E-state index < -0.39 is 0 Å². The van der Waals surface area contributed by atoms with E-state index in [-0.39, 0.29) is 12.4 Å². The third-order valence-corrected chi connectivity index (χ3v) is 3.02. The van der Waals surface area contributed by atoms with Gasteiger partial charge in [-0.1, -0.05) is 19.3 Å². The highest BCUT2D eigenvalue weighted by Gasteiger charge is 2.11. The van der Waals surface area contributed by atoms with Gasteiger partial charge in [0.2, 0.25) is 0 Å². The summed E-state index contributed by atoms with van der Waals surface area (Å²) in [4.78, 5) is 4.56. The number of nitrogens with zero attached hydrogens (tertiary/aromatic N) is 1. The predicted octanol–water partition coefficient (Wildman–Crippen LogP) is 2.62. The van der Waals surface area contributed by atoms with Gasteiger partial charge in [0.25, 0.3) is 0 Å². The van der Waals surface area contributed by atoms with E-state index in [9.17, 15) is 0 Å². The monoisotopic (exact) mass is 247 g/mol. The van der Waals surface area contributed by atoms with Crippen molar-refractivity contribution in [1.29, 1.82) is 0 Å². The SMILES string of the molecule is C[C@@H](N)CCCC[C@H]1CCCCC(N)=N1.Cl. The molecular formula is C12H26ClN3. The zero-order chi connectivity index (χ0) is 11.1. The molecule has 3 nitrogen and oxygen atoms in total. The second kappa shape index (κ2) is 8.82. The van der Waals surface area contributed by atoms with Crippen LogP contribution < -0.4 is 11.5 Å². The number of nitrogens with two attached hydrogens (primary N) is 2. The molecule has 0 bridgehead atoms. The Labute approximate surface area is 105 Å². The van der Waals surface area contributed by atoms with Gasteiger partial charge < -0.3 is 11.5 Å². The molecule has 0 aromatic carbocycles. The summed E-state index contributed by atoms with van der Waals surface area (Å²) in [5, 5.41) is 0. The zero-order valence-electron chi connectivity index (χ0n) is 10.3. The van der Waals surface area contributed by atoms with E-state index in [1.807, 2.05) is 0 Å². The van der Waals surface area contributed by atoms with E-state index in [0.717, 1.165) is 18.7 Å². The standard InChI is InChI=1S/C12H25N3.ClH/c1-10(13)6-2-3-7-11-8-4-5-9-12(14)15-11;/h10-11H,2-9,13H2,1H3,(H2,14,15);1H/t10-,11+;/m1./s1. The number of rotatable bonds is 5. The maximum absolute atomic E-state index is 5.81. The molecule has 0 aromatic heterocycles. The van der Waals surface area contributed by atoms with Crippen molar-refractivity contribution in [2.24, 2.45) is 16.5 Å². The minimum atomic E-state index is 0. The summed E-state index contributed by atoms with van der Waals surface area (Å²) < 4.78 is 0. The predicted molar refractivity (Wildman–Crippen MR) is 73.2 cm³/mol. The van der Waals surface area contributed by atoms with Gasteiger partial charge in [-0.25, -0.2) is 0 Å². The van der Waals surface area contributed by atoms with Crippen LogP contribution in [-0.2, 0) is 0 Å². The molecule has 0 amide bonds. The van der Waals surface area contributed by atoms with Crippen LogP contribution in [0, 0.1) is 0 Å². The smallest absolute Gasteiger partial charge is 0.0940 e. The van der Waals surface area contributed by atoms with E-state index >= 15 is 0 Å². The summed E-state index contributed by atoms with van der Waals surface area (Å²) in [6.45, 7) is 2.07. The minimum absolute atomic E-state index is 0. The first-order valence-electron chi connectivity index (χ1n) is 6.26. The molecule has 4 heteroatoms. The summed E-state index contributed by atoms with van der Waals surface area (Å²) in [5.41, 5.74) is 11.5. The lowest BCUT2D eigenvalue weighted by Crippen LogP contribution is -2.15. The molecular weight excluding hydrogens is 222 g/mol. The molecule has 0 saturated heterocycles. The Balaban J connectivity index is 0.00000225. The third-order valence-electron chi connectivity index (χ3n) is 3.02. The normalized spacial score (nSPS) is 22.9. The number of hydrogen-bond donors (Lipinski definition) is 2. The van der Waals surface area contributed by atoms with Crippen LogP contribution in [0.1, 0.15) is 58.3 Å². The van der Waals surface area contributed by atoms with Crippen molar-refractivity contribution >= 4 is 18.2 Å². The molecule has 0 fully saturated rings. The molecule has 96 valence electrons. The Hall–Kier alpha value is -0.280. The maximum atomic E-state index is 5.81. The number of halogens is 1. The Kier molecular flexibility index (Phi) is 8.67. The van der Waals surface area contributed by atoms with Crippen molar-refractivity contribution in [3.63, 3.8) is 0 Å². The number of hydrogen-bond acceptors (Lipinski definition) is 3. The lowest BCUT2D eigenvalue weighted by molar-refractivity contribution is 0.502. The summed E-state index contributed by atoms with van der Waals surface area (Å²) in [6, 6.07) is 0.827. The van der Waals surface area contributed by atoms with Crippen LogP contribution in [-0.4, -0.2) is 17.9 Å². The first kappa shape index (κ1) is 15.7. The Morgan fingerprint density at radius 3 is 2.81 bits per heavy atom. The molecule has 4 N–H and O–H groups in total. The van der Waals surface area contributed by atoms with E-state index in [0.29, 0.717) is 12.1 Å². The highest BCUT2D eigenvalue weighted by Crippen LogP contribution is 2.17. The highest BCUT2D eigenvalue weighted by atomic mass is 35.5. The quantitative estimate of drug-likeness (QED) is 0.734. The molecule has 2 atom stereocenters. The summed E-state index contributed by atoms with van der Waals surface area (Å²) in [6.07, 6.45) is 9.49. The molecule has 1 rings (SSSR count). The third kappa shape index (κ3) is 7.07. The molecule has 0 spiro atoms. The van der Waals surface area contributed by atoms with Crippen LogP contribution in [0.3, 0.4) is 0 Å². The van der Waals surface area contributed by atoms with Gasteiger partial charge in [-0.2, -0.15) is 0 Å². The largest absolute Gasteiger partial charge is 0.387 e. The zero-order valence-corrected chi connectivity index (χ0v) is 11.1. The molecule has 1 aliphatic heterocycles. The molecule has 0 unspecified atom stereocenters. The second-order valence-electron chi connectivity index (χ2n) is 4.78. The summed E-state index contributed by atoms with van der Waals surface area (Å²) in [5.74, 6) is 0.865. The second-order valence-corrected chi connectivity index (χ2v) is 4.78. The topological polar surface area (TPSA) is 64.4 Å². The van der Waals surface area contributed by atoms with Gasteiger partial charge in [-0.15, -0.1) is 12.4 Å². The van der Waals surface area contributed by atoms with Crippen molar-refractivity contribution in [3.8, 4) is 0 Å².